The van der Waals surface area contributed by atoms with Crippen molar-refractivity contribution in [1.82, 2.24) is 10.2 Å². The number of fused-ring (bicyclic) bond motifs is 1. The number of nitrogens with one attached hydrogen (secondary N) is 1. The summed E-state index contributed by atoms with van der Waals surface area (Å²) in [6.45, 7) is 7.12. The molecular weight excluding hydrogens is 262 g/mol. The van der Waals surface area contributed by atoms with E-state index in [9.17, 15) is 4.79 Å². The Hall–Kier alpha value is -1.39. The molecule has 0 aliphatic carbocycles. The molecule has 1 amide bonds. The highest BCUT2D eigenvalue weighted by Gasteiger charge is 2.19. The number of amides is 1. The summed E-state index contributed by atoms with van der Waals surface area (Å²) >= 11 is 0. The molecule has 2 rings (SSSR count). The van der Waals surface area contributed by atoms with E-state index < -0.39 is 0 Å². The third kappa shape index (κ3) is 4.83. The van der Waals surface area contributed by atoms with Crippen molar-refractivity contribution >= 4 is 5.91 Å². The van der Waals surface area contributed by atoms with Crippen LogP contribution in [0.2, 0.25) is 0 Å². The fourth-order valence-electron chi connectivity index (χ4n) is 2.96. The Morgan fingerprint density at radius 2 is 1.81 bits per heavy atom. The van der Waals surface area contributed by atoms with Crippen LogP contribution in [0.1, 0.15) is 31.4 Å². The van der Waals surface area contributed by atoms with Crippen molar-refractivity contribution in [2.45, 2.75) is 45.2 Å². The van der Waals surface area contributed by atoms with Crippen LogP contribution in [0.4, 0.5) is 0 Å². The first-order valence-corrected chi connectivity index (χ1v) is 7.90. The molecule has 4 nitrogen and oxygen atoms in total. The summed E-state index contributed by atoms with van der Waals surface area (Å²) in [5, 5.41) is 3.25. The molecule has 1 aliphatic rings. The summed E-state index contributed by atoms with van der Waals surface area (Å²) in [4.78, 5) is 13.9. The number of benzene rings is 1. The Labute approximate surface area is 127 Å². The van der Waals surface area contributed by atoms with Crippen molar-refractivity contribution in [2.75, 3.05) is 19.6 Å². The molecule has 1 atom stereocenters. The SMILES string of the molecule is CC(C)NC(CCN1CCc2ccccc2CC1)C(N)=O. The van der Waals surface area contributed by atoms with Gasteiger partial charge >= 0.3 is 0 Å². The number of carbonyl (C=O) groups is 1. The minimum atomic E-state index is -0.248. The molecule has 0 radical (unpaired) electrons. The summed E-state index contributed by atoms with van der Waals surface area (Å²) < 4.78 is 0. The van der Waals surface area contributed by atoms with Gasteiger partial charge in [0.25, 0.3) is 0 Å². The predicted octanol–water partition coefficient (Wildman–Crippen LogP) is 1.33. The third-order valence-corrected chi connectivity index (χ3v) is 4.13. The standard InChI is InChI=1S/C17H27N3O/c1-13(2)19-16(17(18)21)9-12-20-10-7-14-5-3-4-6-15(14)8-11-20/h3-6,13,16,19H,7-12H2,1-2H3,(H2,18,21). The number of nitrogens with zero attached hydrogens (tertiary/aromatic N) is 1. The molecule has 0 saturated heterocycles. The van der Waals surface area contributed by atoms with E-state index in [4.69, 9.17) is 5.73 Å². The van der Waals surface area contributed by atoms with Crippen LogP contribution in [0.25, 0.3) is 0 Å². The van der Waals surface area contributed by atoms with E-state index in [1.54, 1.807) is 0 Å². The van der Waals surface area contributed by atoms with Gasteiger partial charge in [-0.05, 0) is 30.4 Å². The number of carbonyl (C=O) groups excluding carboxylic acids is 1. The number of nitrogens with two attached hydrogens (primary N) is 1. The third-order valence-electron chi connectivity index (χ3n) is 4.13. The second-order valence-corrected chi connectivity index (χ2v) is 6.18. The van der Waals surface area contributed by atoms with Gasteiger partial charge in [0.2, 0.25) is 5.91 Å². The van der Waals surface area contributed by atoms with Gasteiger partial charge in [-0.15, -0.1) is 0 Å². The Kier molecular flexibility index (Phi) is 5.76. The maximum absolute atomic E-state index is 11.5. The zero-order valence-electron chi connectivity index (χ0n) is 13.1. The Morgan fingerprint density at radius 3 is 2.29 bits per heavy atom. The molecule has 3 N–H and O–H groups in total. The van der Waals surface area contributed by atoms with Crippen LogP contribution in [-0.4, -0.2) is 42.5 Å². The summed E-state index contributed by atoms with van der Waals surface area (Å²) in [6, 6.07) is 8.73. The molecule has 116 valence electrons. The second kappa shape index (κ2) is 7.57. The van der Waals surface area contributed by atoms with Crippen LogP contribution in [0, 0.1) is 0 Å². The molecule has 1 aliphatic heterocycles. The predicted molar refractivity (Wildman–Crippen MR) is 86.2 cm³/mol. The van der Waals surface area contributed by atoms with Gasteiger partial charge in [-0.25, -0.2) is 0 Å². The quantitative estimate of drug-likeness (QED) is 0.830. The minimum absolute atomic E-state index is 0.226. The number of hydrogen-bond acceptors (Lipinski definition) is 3. The molecule has 0 saturated carbocycles. The van der Waals surface area contributed by atoms with Crippen molar-refractivity contribution in [3.05, 3.63) is 35.4 Å². The van der Waals surface area contributed by atoms with E-state index in [-0.39, 0.29) is 18.0 Å². The van der Waals surface area contributed by atoms with Crippen LogP contribution in [-0.2, 0) is 17.6 Å². The molecular formula is C17H27N3O. The summed E-state index contributed by atoms with van der Waals surface area (Å²) in [7, 11) is 0. The number of rotatable bonds is 6. The van der Waals surface area contributed by atoms with E-state index in [1.807, 2.05) is 13.8 Å². The molecule has 1 aromatic rings. The lowest BCUT2D eigenvalue weighted by molar-refractivity contribution is -0.120. The second-order valence-electron chi connectivity index (χ2n) is 6.18. The number of primary amides is 1. The monoisotopic (exact) mass is 289 g/mol. The average Bonchev–Trinajstić information content (AvgIpc) is 2.65. The lowest BCUT2D eigenvalue weighted by Crippen LogP contribution is -2.46. The van der Waals surface area contributed by atoms with E-state index in [0.29, 0.717) is 0 Å². The molecule has 0 aromatic heterocycles. The Balaban J connectivity index is 1.86. The lowest BCUT2D eigenvalue weighted by Gasteiger charge is -2.24. The van der Waals surface area contributed by atoms with E-state index in [0.717, 1.165) is 38.9 Å². The van der Waals surface area contributed by atoms with Crippen molar-refractivity contribution in [3.8, 4) is 0 Å². The Bertz CT molecular complexity index is 446. The van der Waals surface area contributed by atoms with Crippen LogP contribution in [0.3, 0.4) is 0 Å². The molecule has 0 spiro atoms. The maximum atomic E-state index is 11.5. The first-order valence-electron chi connectivity index (χ1n) is 7.90. The maximum Gasteiger partial charge on any atom is 0.234 e. The first-order chi connectivity index (χ1) is 10.1. The molecule has 4 heteroatoms. The van der Waals surface area contributed by atoms with E-state index in [1.165, 1.54) is 11.1 Å². The zero-order chi connectivity index (χ0) is 15.2. The van der Waals surface area contributed by atoms with Gasteiger partial charge in [0.1, 0.15) is 0 Å². The molecule has 1 heterocycles. The number of hydrogen-bond donors (Lipinski definition) is 2. The van der Waals surface area contributed by atoms with Gasteiger partial charge in [-0.3, -0.25) is 4.79 Å². The van der Waals surface area contributed by atoms with Crippen molar-refractivity contribution < 1.29 is 4.79 Å². The largest absolute Gasteiger partial charge is 0.368 e. The fraction of sp³-hybridized carbons (Fsp3) is 0.588. The molecule has 21 heavy (non-hydrogen) atoms. The van der Waals surface area contributed by atoms with Crippen LogP contribution in [0.5, 0.6) is 0 Å². The summed E-state index contributed by atoms with van der Waals surface area (Å²) in [5.41, 5.74) is 8.41. The summed E-state index contributed by atoms with van der Waals surface area (Å²) in [6.07, 6.45) is 2.97. The van der Waals surface area contributed by atoms with Crippen molar-refractivity contribution in [2.24, 2.45) is 5.73 Å². The molecule has 1 unspecified atom stereocenters. The van der Waals surface area contributed by atoms with Gasteiger partial charge in [-0.2, -0.15) is 0 Å². The Morgan fingerprint density at radius 1 is 1.24 bits per heavy atom. The van der Waals surface area contributed by atoms with Crippen LogP contribution >= 0.6 is 0 Å². The highest BCUT2D eigenvalue weighted by molar-refractivity contribution is 5.79. The molecule has 1 aromatic carbocycles. The molecule has 0 fully saturated rings. The smallest absolute Gasteiger partial charge is 0.234 e. The van der Waals surface area contributed by atoms with Crippen molar-refractivity contribution in [1.29, 1.82) is 0 Å². The van der Waals surface area contributed by atoms with Gasteiger partial charge in [-0.1, -0.05) is 38.1 Å². The molecule has 0 bridgehead atoms. The highest BCUT2D eigenvalue weighted by atomic mass is 16.1. The van der Waals surface area contributed by atoms with E-state index in [2.05, 4.69) is 34.5 Å². The highest BCUT2D eigenvalue weighted by Crippen LogP contribution is 2.15. The average molecular weight is 289 g/mol. The van der Waals surface area contributed by atoms with Gasteiger partial charge in [0, 0.05) is 25.7 Å². The van der Waals surface area contributed by atoms with Gasteiger partial charge < -0.3 is 16.0 Å². The minimum Gasteiger partial charge on any atom is -0.368 e. The lowest BCUT2D eigenvalue weighted by atomic mass is 10.0. The van der Waals surface area contributed by atoms with Gasteiger partial charge in [0.15, 0.2) is 0 Å². The topological polar surface area (TPSA) is 58.4 Å². The van der Waals surface area contributed by atoms with Crippen molar-refractivity contribution in [3.63, 3.8) is 0 Å². The van der Waals surface area contributed by atoms with E-state index >= 15 is 0 Å². The van der Waals surface area contributed by atoms with Crippen LogP contribution < -0.4 is 11.1 Å². The summed E-state index contributed by atoms with van der Waals surface area (Å²) in [5.74, 6) is -0.248. The zero-order valence-corrected chi connectivity index (χ0v) is 13.1. The normalized spacial score (nSPS) is 17.3. The fourth-order valence-corrected chi connectivity index (χ4v) is 2.96. The first kappa shape index (κ1) is 16.0. The van der Waals surface area contributed by atoms with Crippen LogP contribution in [0.15, 0.2) is 24.3 Å². The van der Waals surface area contributed by atoms with Gasteiger partial charge in [0.05, 0.1) is 6.04 Å².